The van der Waals surface area contributed by atoms with Crippen LogP contribution in [0.25, 0.3) is 0 Å². The first-order valence-electron chi connectivity index (χ1n) is 7.34. The molecule has 5 nitrogen and oxygen atoms in total. The zero-order valence-electron chi connectivity index (χ0n) is 12.3. The van der Waals surface area contributed by atoms with Gasteiger partial charge in [0.25, 0.3) is 0 Å². The third-order valence-corrected chi connectivity index (χ3v) is 3.97. The molecule has 0 saturated heterocycles. The number of nitrogens with zero attached hydrogens (tertiary/aromatic N) is 1. The number of amides is 2. The number of rotatable bonds is 5. The van der Waals surface area contributed by atoms with E-state index in [-0.39, 0.29) is 12.1 Å². The second kappa shape index (κ2) is 6.40. The Balaban J connectivity index is 1.59. The molecule has 0 bridgehead atoms. The van der Waals surface area contributed by atoms with Gasteiger partial charge in [-0.1, -0.05) is 28.9 Å². The molecule has 2 N–H and O–H groups in total. The molecule has 0 radical (unpaired) electrons. The summed E-state index contributed by atoms with van der Waals surface area (Å²) in [4.78, 5) is 12.1. The minimum atomic E-state index is -0.201. The molecule has 1 saturated carbocycles. The SMILES string of the molecule is Cc1cc(CNC(=O)NC(c2ccc(Cl)cc2)C2CC2)no1. The number of hydrogen-bond acceptors (Lipinski definition) is 3. The quantitative estimate of drug-likeness (QED) is 0.885. The molecule has 1 atom stereocenters. The van der Waals surface area contributed by atoms with Gasteiger partial charge >= 0.3 is 6.03 Å². The van der Waals surface area contributed by atoms with Gasteiger partial charge in [-0.15, -0.1) is 0 Å². The van der Waals surface area contributed by atoms with Crippen molar-refractivity contribution in [3.8, 4) is 0 Å². The van der Waals surface area contributed by atoms with Crippen LogP contribution in [-0.4, -0.2) is 11.2 Å². The maximum atomic E-state index is 12.1. The number of halogens is 1. The van der Waals surface area contributed by atoms with E-state index < -0.39 is 0 Å². The lowest BCUT2D eigenvalue weighted by Gasteiger charge is -2.19. The fourth-order valence-corrected chi connectivity index (χ4v) is 2.56. The monoisotopic (exact) mass is 319 g/mol. The molecule has 1 aromatic heterocycles. The van der Waals surface area contributed by atoms with Crippen LogP contribution in [0.2, 0.25) is 5.02 Å². The number of benzene rings is 1. The number of hydrogen-bond donors (Lipinski definition) is 2. The number of nitrogens with one attached hydrogen (secondary N) is 2. The molecular formula is C16H18ClN3O2. The molecule has 1 unspecified atom stereocenters. The van der Waals surface area contributed by atoms with Gasteiger partial charge in [0.2, 0.25) is 0 Å². The van der Waals surface area contributed by atoms with E-state index in [2.05, 4.69) is 15.8 Å². The minimum Gasteiger partial charge on any atom is -0.361 e. The Labute approximate surface area is 134 Å². The molecule has 2 amide bonds. The molecule has 2 aromatic rings. The summed E-state index contributed by atoms with van der Waals surface area (Å²) in [6, 6.07) is 9.26. The van der Waals surface area contributed by atoms with Gasteiger partial charge in [0, 0.05) is 11.1 Å². The van der Waals surface area contributed by atoms with Crippen LogP contribution < -0.4 is 10.6 Å². The molecule has 0 aliphatic heterocycles. The Morgan fingerprint density at radius 1 is 1.41 bits per heavy atom. The summed E-state index contributed by atoms with van der Waals surface area (Å²) in [5.41, 5.74) is 1.79. The lowest BCUT2D eigenvalue weighted by atomic mass is 10.0. The van der Waals surface area contributed by atoms with Gasteiger partial charge in [0.15, 0.2) is 0 Å². The highest BCUT2D eigenvalue weighted by atomic mass is 35.5. The van der Waals surface area contributed by atoms with Crippen molar-refractivity contribution in [2.24, 2.45) is 5.92 Å². The average Bonchev–Trinajstić information content (AvgIpc) is 3.26. The van der Waals surface area contributed by atoms with Crippen molar-refractivity contribution in [3.05, 3.63) is 52.4 Å². The van der Waals surface area contributed by atoms with E-state index in [0.717, 1.165) is 24.2 Å². The van der Waals surface area contributed by atoms with Gasteiger partial charge in [-0.05, 0) is 43.4 Å². The fraction of sp³-hybridized carbons (Fsp3) is 0.375. The normalized spacial score (nSPS) is 15.4. The number of carbonyl (C=O) groups excluding carboxylic acids is 1. The maximum Gasteiger partial charge on any atom is 0.315 e. The summed E-state index contributed by atoms with van der Waals surface area (Å²) in [6.07, 6.45) is 2.27. The highest BCUT2D eigenvalue weighted by molar-refractivity contribution is 6.30. The summed E-state index contributed by atoms with van der Waals surface area (Å²) in [7, 11) is 0. The molecule has 0 spiro atoms. The highest BCUT2D eigenvalue weighted by Gasteiger charge is 2.33. The first-order chi connectivity index (χ1) is 10.6. The van der Waals surface area contributed by atoms with Crippen molar-refractivity contribution in [1.29, 1.82) is 0 Å². The Hall–Kier alpha value is -2.01. The van der Waals surface area contributed by atoms with Crippen molar-refractivity contribution in [2.45, 2.75) is 32.4 Å². The first kappa shape index (κ1) is 14.9. The van der Waals surface area contributed by atoms with Crippen LogP contribution in [0.4, 0.5) is 4.79 Å². The molecule has 1 aliphatic rings. The average molecular weight is 320 g/mol. The molecule has 3 rings (SSSR count). The van der Waals surface area contributed by atoms with E-state index in [0.29, 0.717) is 23.2 Å². The summed E-state index contributed by atoms with van der Waals surface area (Å²) in [6.45, 7) is 2.17. The molecule has 1 fully saturated rings. The Morgan fingerprint density at radius 2 is 2.14 bits per heavy atom. The summed E-state index contributed by atoms with van der Waals surface area (Å²) in [5.74, 6) is 1.23. The lowest BCUT2D eigenvalue weighted by Crippen LogP contribution is -2.38. The van der Waals surface area contributed by atoms with Crippen molar-refractivity contribution >= 4 is 17.6 Å². The van der Waals surface area contributed by atoms with E-state index >= 15 is 0 Å². The lowest BCUT2D eigenvalue weighted by molar-refractivity contribution is 0.235. The summed E-state index contributed by atoms with van der Waals surface area (Å²) < 4.78 is 4.97. The Bertz CT molecular complexity index is 650. The van der Waals surface area contributed by atoms with E-state index in [1.807, 2.05) is 31.2 Å². The van der Waals surface area contributed by atoms with Crippen LogP contribution in [0.5, 0.6) is 0 Å². The number of urea groups is 1. The van der Waals surface area contributed by atoms with Crippen LogP contribution >= 0.6 is 11.6 Å². The predicted molar refractivity (Wildman–Crippen MR) is 83.5 cm³/mol. The van der Waals surface area contributed by atoms with E-state index in [1.54, 1.807) is 6.07 Å². The van der Waals surface area contributed by atoms with E-state index in [4.69, 9.17) is 16.1 Å². The van der Waals surface area contributed by atoms with Crippen molar-refractivity contribution in [2.75, 3.05) is 0 Å². The van der Waals surface area contributed by atoms with Gasteiger partial charge in [-0.3, -0.25) is 0 Å². The molecular weight excluding hydrogens is 302 g/mol. The zero-order valence-corrected chi connectivity index (χ0v) is 13.1. The summed E-state index contributed by atoms with van der Waals surface area (Å²) in [5, 5.41) is 10.4. The van der Waals surface area contributed by atoms with Crippen LogP contribution in [-0.2, 0) is 6.54 Å². The standard InChI is InChI=1S/C16H18ClN3O2/c1-10-8-14(20-22-10)9-18-16(21)19-15(11-2-3-11)12-4-6-13(17)7-5-12/h4-8,11,15H,2-3,9H2,1H3,(H2,18,19,21). The van der Waals surface area contributed by atoms with Crippen LogP contribution in [0.3, 0.4) is 0 Å². The second-order valence-corrected chi connectivity index (χ2v) is 6.06. The minimum absolute atomic E-state index is 0.0244. The summed E-state index contributed by atoms with van der Waals surface area (Å²) >= 11 is 5.92. The van der Waals surface area contributed by atoms with Crippen molar-refractivity contribution < 1.29 is 9.32 Å². The fourth-order valence-electron chi connectivity index (χ4n) is 2.44. The molecule has 22 heavy (non-hydrogen) atoms. The topological polar surface area (TPSA) is 67.2 Å². The van der Waals surface area contributed by atoms with E-state index in [9.17, 15) is 4.79 Å². The van der Waals surface area contributed by atoms with E-state index in [1.165, 1.54) is 0 Å². The van der Waals surface area contributed by atoms with Gasteiger partial charge in [-0.25, -0.2) is 4.79 Å². The predicted octanol–water partition coefficient (Wildman–Crippen LogP) is 3.59. The molecule has 6 heteroatoms. The zero-order chi connectivity index (χ0) is 15.5. The molecule has 116 valence electrons. The molecule has 1 aromatic carbocycles. The molecule has 1 aliphatic carbocycles. The van der Waals surface area contributed by atoms with Gasteiger partial charge < -0.3 is 15.2 Å². The first-order valence-corrected chi connectivity index (χ1v) is 7.71. The van der Waals surface area contributed by atoms with Gasteiger partial charge in [0.05, 0.1) is 12.6 Å². The van der Waals surface area contributed by atoms with Gasteiger partial charge in [-0.2, -0.15) is 0 Å². The third-order valence-electron chi connectivity index (χ3n) is 3.72. The van der Waals surface area contributed by atoms with Crippen molar-refractivity contribution in [1.82, 2.24) is 15.8 Å². The smallest absolute Gasteiger partial charge is 0.315 e. The second-order valence-electron chi connectivity index (χ2n) is 5.62. The maximum absolute atomic E-state index is 12.1. The van der Waals surface area contributed by atoms with Gasteiger partial charge in [0.1, 0.15) is 11.5 Å². The number of carbonyl (C=O) groups is 1. The molecule has 1 heterocycles. The number of aromatic nitrogens is 1. The van der Waals surface area contributed by atoms with Crippen LogP contribution in [0, 0.1) is 12.8 Å². The third kappa shape index (κ3) is 3.80. The largest absolute Gasteiger partial charge is 0.361 e. The van der Waals surface area contributed by atoms with Crippen molar-refractivity contribution in [3.63, 3.8) is 0 Å². The number of aryl methyl sites for hydroxylation is 1. The highest BCUT2D eigenvalue weighted by Crippen LogP contribution is 2.41. The Kier molecular flexibility index (Phi) is 4.34. The van der Waals surface area contributed by atoms with Crippen LogP contribution in [0.15, 0.2) is 34.9 Å². The van der Waals surface area contributed by atoms with Crippen LogP contribution in [0.1, 0.15) is 35.9 Å². The Morgan fingerprint density at radius 3 is 2.73 bits per heavy atom.